The van der Waals surface area contributed by atoms with Crippen LogP contribution in [0, 0.1) is 52.3 Å². The number of carbonyl (C=O) groups excluding carboxylic acids is 2. The molecule has 3 nitrogen and oxygen atoms in total. The Hall–Kier alpha value is -0.860. The predicted molar refractivity (Wildman–Crippen MR) is 115 cm³/mol. The highest BCUT2D eigenvalue weighted by molar-refractivity contribution is 5.69. The van der Waals surface area contributed by atoms with E-state index in [1.54, 1.807) is 0 Å². The molecular weight excluding hydrogens is 360 g/mol. The van der Waals surface area contributed by atoms with Gasteiger partial charge in [-0.05, 0) is 111 Å². The molecule has 0 aromatic carbocycles. The topological polar surface area (TPSA) is 43.4 Å². The Labute approximate surface area is 177 Å². The Kier molecular flexibility index (Phi) is 5.90. The molecule has 0 aliphatic heterocycles. The molecular formula is C26H42O3. The summed E-state index contributed by atoms with van der Waals surface area (Å²) >= 11 is 0. The van der Waals surface area contributed by atoms with Crippen molar-refractivity contribution in [1.82, 2.24) is 0 Å². The Bertz CT molecular complexity index is 629. The van der Waals surface area contributed by atoms with Crippen LogP contribution in [0.15, 0.2) is 0 Å². The third-order valence-electron chi connectivity index (χ3n) is 10.7. The molecule has 0 saturated heterocycles. The molecule has 0 heterocycles. The summed E-state index contributed by atoms with van der Waals surface area (Å²) in [4.78, 5) is 23.1. The molecule has 0 radical (unpaired) electrons. The Morgan fingerprint density at radius 1 is 1.03 bits per heavy atom. The molecule has 4 aliphatic carbocycles. The fraction of sp³-hybridized carbons (Fsp3) is 0.923. The standard InChI is InChI=1S/C26H42O3/c1-17(5-10-24(28)29-4)21-8-9-22-20-7-6-19-15-18(16-27)11-13-25(19,2)23(20)12-14-26(21,22)3/h16-23H,5-15H2,1-4H3/t17-,18-,19-,20?,21-,22?,23?,25+,26-/m1/s1. The molecule has 0 aromatic rings. The van der Waals surface area contributed by atoms with Crippen LogP contribution < -0.4 is 0 Å². The van der Waals surface area contributed by atoms with Crippen LogP contribution in [0.25, 0.3) is 0 Å². The van der Waals surface area contributed by atoms with Crippen molar-refractivity contribution in [3.05, 3.63) is 0 Å². The van der Waals surface area contributed by atoms with E-state index in [1.807, 2.05) is 0 Å². The number of hydrogen-bond acceptors (Lipinski definition) is 3. The molecule has 9 atom stereocenters. The molecule has 0 spiro atoms. The summed E-state index contributed by atoms with van der Waals surface area (Å²) < 4.78 is 4.88. The summed E-state index contributed by atoms with van der Waals surface area (Å²) in [5.74, 6) is 5.03. The van der Waals surface area contributed by atoms with Gasteiger partial charge in [-0.25, -0.2) is 0 Å². The van der Waals surface area contributed by atoms with Crippen LogP contribution in [0.5, 0.6) is 0 Å². The largest absolute Gasteiger partial charge is 0.469 e. The van der Waals surface area contributed by atoms with Gasteiger partial charge in [-0.2, -0.15) is 0 Å². The normalized spacial score (nSPS) is 47.4. The lowest BCUT2D eigenvalue weighted by Crippen LogP contribution is -2.53. The van der Waals surface area contributed by atoms with Crippen molar-refractivity contribution in [2.75, 3.05) is 7.11 Å². The Morgan fingerprint density at radius 3 is 2.48 bits per heavy atom. The lowest BCUT2D eigenvalue weighted by atomic mass is 9.44. The van der Waals surface area contributed by atoms with Crippen molar-refractivity contribution in [3.8, 4) is 0 Å². The minimum Gasteiger partial charge on any atom is -0.469 e. The van der Waals surface area contributed by atoms with Crippen LogP contribution >= 0.6 is 0 Å². The van der Waals surface area contributed by atoms with Gasteiger partial charge in [-0.1, -0.05) is 20.8 Å². The number of hydrogen-bond donors (Lipinski definition) is 0. The van der Waals surface area contributed by atoms with E-state index >= 15 is 0 Å². The molecule has 4 fully saturated rings. The zero-order valence-corrected chi connectivity index (χ0v) is 19.1. The van der Waals surface area contributed by atoms with E-state index in [1.165, 1.54) is 58.3 Å². The van der Waals surface area contributed by atoms with Gasteiger partial charge in [0.25, 0.3) is 0 Å². The highest BCUT2D eigenvalue weighted by Crippen LogP contribution is 2.68. The van der Waals surface area contributed by atoms with Crippen molar-refractivity contribution in [2.24, 2.45) is 52.3 Å². The number of fused-ring (bicyclic) bond motifs is 5. The molecule has 3 heteroatoms. The maximum Gasteiger partial charge on any atom is 0.305 e. The van der Waals surface area contributed by atoms with Crippen LogP contribution in [0.3, 0.4) is 0 Å². The molecule has 4 saturated carbocycles. The van der Waals surface area contributed by atoms with Gasteiger partial charge in [0.05, 0.1) is 7.11 Å². The Morgan fingerprint density at radius 2 is 1.76 bits per heavy atom. The molecule has 0 N–H and O–H groups in total. The first kappa shape index (κ1) is 21.4. The van der Waals surface area contributed by atoms with E-state index in [4.69, 9.17) is 4.74 Å². The first-order valence-electron chi connectivity index (χ1n) is 12.4. The van der Waals surface area contributed by atoms with Gasteiger partial charge >= 0.3 is 5.97 Å². The molecule has 0 bridgehead atoms. The second kappa shape index (κ2) is 8.00. The maximum atomic E-state index is 11.7. The number of methoxy groups -OCH3 is 1. The Balaban J connectivity index is 1.48. The zero-order valence-electron chi connectivity index (χ0n) is 19.1. The van der Waals surface area contributed by atoms with Gasteiger partial charge in [0.15, 0.2) is 0 Å². The molecule has 3 unspecified atom stereocenters. The first-order valence-corrected chi connectivity index (χ1v) is 12.4. The molecule has 29 heavy (non-hydrogen) atoms. The van der Waals surface area contributed by atoms with Gasteiger partial charge < -0.3 is 9.53 Å². The first-order chi connectivity index (χ1) is 13.8. The van der Waals surface area contributed by atoms with E-state index in [2.05, 4.69) is 20.8 Å². The monoisotopic (exact) mass is 402 g/mol. The second-order valence-corrected chi connectivity index (χ2v) is 11.6. The highest BCUT2D eigenvalue weighted by atomic mass is 16.5. The fourth-order valence-electron chi connectivity index (χ4n) is 9.04. The number of ether oxygens (including phenoxy) is 1. The molecule has 164 valence electrons. The third kappa shape index (κ3) is 3.49. The zero-order chi connectivity index (χ0) is 20.8. The minimum atomic E-state index is -0.0579. The van der Waals surface area contributed by atoms with Crippen molar-refractivity contribution >= 4 is 12.3 Å². The summed E-state index contributed by atoms with van der Waals surface area (Å²) in [7, 11) is 1.50. The second-order valence-electron chi connectivity index (χ2n) is 11.6. The van der Waals surface area contributed by atoms with Crippen molar-refractivity contribution < 1.29 is 14.3 Å². The predicted octanol–water partition coefficient (Wildman–Crippen LogP) is 6.05. The number of esters is 1. The van der Waals surface area contributed by atoms with Crippen LogP contribution in [-0.2, 0) is 14.3 Å². The number of aldehydes is 1. The minimum absolute atomic E-state index is 0.0579. The van der Waals surface area contributed by atoms with Crippen molar-refractivity contribution in [1.29, 1.82) is 0 Å². The van der Waals surface area contributed by atoms with E-state index in [0.717, 1.165) is 48.9 Å². The van der Waals surface area contributed by atoms with Crippen LogP contribution in [0.1, 0.15) is 91.4 Å². The van der Waals surface area contributed by atoms with E-state index in [0.29, 0.717) is 29.1 Å². The summed E-state index contributed by atoms with van der Waals surface area (Å²) in [5.41, 5.74) is 0.929. The van der Waals surface area contributed by atoms with Crippen LogP contribution in [0.2, 0.25) is 0 Å². The average Bonchev–Trinajstić information content (AvgIpc) is 3.08. The van der Waals surface area contributed by atoms with E-state index in [-0.39, 0.29) is 5.97 Å². The highest BCUT2D eigenvalue weighted by Gasteiger charge is 2.60. The molecule has 0 amide bonds. The smallest absolute Gasteiger partial charge is 0.305 e. The number of carbonyl (C=O) groups is 2. The van der Waals surface area contributed by atoms with E-state index in [9.17, 15) is 9.59 Å². The molecule has 4 rings (SSSR count). The van der Waals surface area contributed by atoms with Gasteiger partial charge in [-0.15, -0.1) is 0 Å². The lowest BCUT2D eigenvalue weighted by Gasteiger charge is -2.61. The van der Waals surface area contributed by atoms with Crippen molar-refractivity contribution in [2.45, 2.75) is 91.4 Å². The van der Waals surface area contributed by atoms with Gasteiger partial charge in [-0.3, -0.25) is 4.79 Å². The average molecular weight is 403 g/mol. The third-order valence-corrected chi connectivity index (χ3v) is 10.7. The SMILES string of the molecule is COC(=O)CC[C@@H](C)[C@H]1CCC2C3CC[C@@H]4C[C@H](C=O)CC[C@]4(C)C3CC[C@@]21C. The number of rotatable bonds is 5. The van der Waals surface area contributed by atoms with Gasteiger partial charge in [0.2, 0.25) is 0 Å². The van der Waals surface area contributed by atoms with Gasteiger partial charge in [0, 0.05) is 12.3 Å². The molecule has 4 aliphatic rings. The van der Waals surface area contributed by atoms with Crippen molar-refractivity contribution in [3.63, 3.8) is 0 Å². The quantitative estimate of drug-likeness (QED) is 0.415. The summed E-state index contributed by atoms with van der Waals surface area (Å²) in [6, 6.07) is 0. The van der Waals surface area contributed by atoms with Gasteiger partial charge in [0.1, 0.15) is 6.29 Å². The van der Waals surface area contributed by atoms with Crippen LogP contribution in [0.4, 0.5) is 0 Å². The fourth-order valence-corrected chi connectivity index (χ4v) is 9.04. The summed E-state index contributed by atoms with van der Waals surface area (Å²) in [6.45, 7) is 7.56. The summed E-state index contributed by atoms with van der Waals surface area (Å²) in [6.07, 6.45) is 14.5. The van der Waals surface area contributed by atoms with E-state index < -0.39 is 0 Å². The summed E-state index contributed by atoms with van der Waals surface area (Å²) in [5, 5.41) is 0. The molecule has 0 aromatic heterocycles. The maximum absolute atomic E-state index is 11.7. The lowest BCUT2D eigenvalue weighted by molar-refractivity contribution is -0.141. The van der Waals surface area contributed by atoms with Crippen LogP contribution in [-0.4, -0.2) is 19.4 Å².